The molecule has 1 aromatic carbocycles. The topological polar surface area (TPSA) is 122 Å². The third-order valence-electron chi connectivity index (χ3n) is 6.48. The summed E-state index contributed by atoms with van der Waals surface area (Å²) in [4.78, 5) is 36.2. The lowest BCUT2D eigenvalue weighted by atomic mass is 10.1. The molecule has 13 heteroatoms. The van der Waals surface area contributed by atoms with Gasteiger partial charge in [0, 0.05) is 43.2 Å². The highest BCUT2D eigenvalue weighted by molar-refractivity contribution is 6.00. The fourth-order valence-electron chi connectivity index (χ4n) is 4.53. The summed E-state index contributed by atoms with van der Waals surface area (Å²) in [5, 5.41) is 22.6. The van der Waals surface area contributed by atoms with Crippen LogP contribution in [0, 0.1) is 35.9 Å². The minimum Gasteiger partial charge on any atom is -0.391 e. The quantitative estimate of drug-likeness (QED) is 0.351. The normalized spacial score (nSPS) is 16.3. The van der Waals surface area contributed by atoms with Crippen molar-refractivity contribution in [2.45, 2.75) is 31.7 Å². The standard InChI is InChI=1S/C29H24F4N6O3/c1-17-12-23(29(31,32)33)22(14-34)26(37-17)39-16-21(40)13-25(39)28(42)38(20-8-6-19(30)7-9-20)11-3-4-18-5-10-24(36-15-18)27(41)35-2/h5-10,12,15,21,25,40H,11,13,16H2,1-2H3,(H,35,41)/t21-,25-/m0/s1. The third-order valence-corrected chi connectivity index (χ3v) is 6.48. The van der Waals surface area contributed by atoms with Crippen LogP contribution in [0.4, 0.5) is 29.1 Å². The maximum Gasteiger partial charge on any atom is 0.417 e. The van der Waals surface area contributed by atoms with Crippen molar-refractivity contribution in [3.63, 3.8) is 0 Å². The number of nitrogens with one attached hydrogen (secondary N) is 1. The first-order chi connectivity index (χ1) is 19.9. The number of alkyl halides is 3. The van der Waals surface area contributed by atoms with E-state index in [2.05, 4.69) is 27.1 Å². The number of β-amino-alcohol motifs (C(OH)–C–C–N with tert-alkyl or cyclic N) is 1. The molecule has 0 aliphatic carbocycles. The lowest BCUT2D eigenvalue weighted by Crippen LogP contribution is -2.47. The predicted molar refractivity (Wildman–Crippen MR) is 144 cm³/mol. The van der Waals surface area contributed by atoms with Crippen LogP contribution in [0.3, 0.4) is 0 Å². The maximum atomic E-state index is 13.9. The monoisotopic (exact) mass is 580 g/mol. The van der Waals surface area contributed by atoms with Crippen LogP contribution < -0.4 is 15.1 Å². The molecule has 2 amide bonds. The van der Waals surface area contributed by atoms with Crippen molar-refractivity contribution < 1.29 is 32.3 Å². The van der Waals surface area contributed by atoms with Crippen LogP contribution >= 0.6 is 0 Å². The van der Waals surface area contributed by atoms with E-state index in [9.17, 15) is 37.5 Å². The molecule has 0 bridgehead atoms. The van der Waals surface area contributed by atoms with Gasteiger partial charge in [-0.15, -0.1) is 0 Å². The molecule has 0 radical (unpaired) electrons. The number of aromatic nitrogens is 2. The summed E-state index contributed by atoms with van der Waals surface area (Å²) < 4.78 is 55.0. The predicted octanol–water partition coefficient (Wildman–Crippen LogP) is 3.20. The van der Waals surface area contributed by atoms with Crippen molar-refractivity contribution in [1.29, 1.82) is 5.26 Å². The zero-order valence-electron chi connectivity index (χ0n) is 22.4. The number of hydrogen-bond acceptors (Lipinski definition) is 7. The fourth-order valence-corrected chi connectivity index (χ4v) is 4.53. The molecule has 2 N–H and O–H groups in total. The minimum absolute atomic E-state index is 0.0267. The molecule has 2 atom stereocenters. The Labute approximate surface area is 238 Å². The Morgan fingerprint density at radius 2 is 1.93 bits per heavy atom. The van der Waals surface area contributed by atoms with Gasteiger partial charge in [0.25, 0.3) is 11.8 Å². The van der Waals surface area contributed by atoms with Gasteiger partial charge < -0.3 is 15.3 Å². The van der Waals surface area contributed by atoms with E-state index < -0.39 is 41.2 Å². The fraction of sp³-hybridized carbons (Fsp3) is 0.276. The van der Waals surface area contributed by atoms with Crippen molar-refractivity contribution in [2.24, 2.45) is 0 Å². The van der Waals surface area contributed by atoms with Crippen LogP contribution in [0.15, 0.2) is 48.7 Å². The van der Waals surface area contributed by atoms with Crippen LogP contribution in [0.25, 0.3) is 0 Å². The van der Waals surface area contributed by atoms with Gasteiger partial charge in [0.1, 0.15) is 35.0 Å². The number of aryl methyl sites for hydroxylation is 1. The number of anilines is 2. The number of aliphatic hydroxyl groups excluding tert-OH is 1. The molecule has 0 spiro atoms. The molecule has 3 aromatic rings. The number of pyridine rings is 2. The van der Waals surface area contributed by atoms with E-state index in [0.29, 0.717) is 5.56 Å². The van der Waals surface area contributed by atoms with Gasteiger partial charge in [-0.05, 0) is 49.4 Å². The summed E-state index contributed by atoms with van der Waals surface area (Å²) in [5.74, 6) is 3.71. The summed E-state index contributed by atoms with van der Waals surface area (Å²) in [6, 6.07) is 9.10. The van der Waals surface area contributed by atoms with Gasteiger partial charge >= 0.3 is 6.18 Å². The van der Waals surface area contributed by atoms with Gasteiger partial charge in [-0.3, -0.25) is 14.5 Å². The van der Waals surface area contributed by atoms with Gasteiger partial charge in [0.15, 0.2) is 0 Å². The Hall–Kier alpha value is -5.01. The maximum absolute atomic E-state index is 13.9. The zero-order chi connectivity index (χ0) is 30.6. The summed E-state index contributed by atoms with van der Waals surface area (Å²) in [7, 11) is 1.47. The number of hydrogen-bond donors (Lipinski definition) is 2. The Balaban J connectivity index is 1.70. The summed E-state index contributed by atoms with van der Waals surface area (Å²) >= 11 is 0. The molecule has 2 aromatic heterocycles. The first-order valence-corrected chi connectivity index (χ1v) is 12.6. The first kappa shape index (κ1) is 30.0. The molecule has 1 saturated heterocycles. The Morgan fingerprint density at radius 3 is 2.52 bits per heavy atom. The average molecular weight is 581 g/mol. The van der Waals surface area contributed by atoms with Gasteiger partial charge in [-0.25, -0.2) is 14.4 Å². The lowest BCUT2D eigenvalue weighted by molar-refractivity contribution is -0.137. The molecular formula is C29H24F4N6O3. The number of halogens is 4. The van der Waals surface area contributed by atoms with E-state index in [4.69, 9.17) is 0 Å². The van der Waals surface area contributed by atoms with Crippen molar-refractivity contribution in [1.82, 2.24) is 15.3 Å². The van der Waals surface area contributed by atoms with Gasteiger partial charge in [-0.1, -0.05) is 11.8 Å². The molecule has 4 rings (SSSR count). The lowest BCUT2D eigenvalue weighted by Gasteiger charge is -2.31. The average Bonchev–Trinajstić information content (AvgIpc) is 3.36. The second-order valence-electron chi connectivity index (χ2n) is 9.39. The second-order valence-corrected chi connectivity index (χ2v) is 9.39. The zero-order valence-corrected chi connectivity index (χ0v) is 22.4. The van der Waals surface area contributed by atoms with E-state index >= 15 is 0 Å². The third kappa shape index (κ3) is 6.48. The highest BCUT2D eigenvalue weighted by Gasteiger charge is 2.43. The minimum atomic E-state index is -4.85. The molecule has 0 saturated carbocycles. The summed E-state index contributed by atoms with van der Waals surface area (Å²) in [6.45, 7) is 0.868. The molecule has 9 nitrogen and oxygen atoms in total. The smallest absolute Gasteiger partial charge is 0.391 e. The van der Waals surface area contributed by atoms with E-state index in [-0.39, 0.29) is 48.3 Å². The van der Waals surface area contributed by atoms with Gasteiger partial charge in [-0.2, -0.15) is 18.4 Å². The molecule has 0 unspecified atom stereocenters. The molecule has 42 heavy (non-hydrogen) atoms. The molecule has 216 valence electrons. The van der Waals surface area contributed by atoms with E-state index in [1.54, 1.807) is 12.1 Å². The number of benzene rings is 1. The van der Waals surface area contributed by atoms with Gasteiger partial charge in [0.05, 0.1) is 18.2 Å². The Kier molecular flexibility index (Phi) is 8.73. The molecule has 1 fully saturated rings. The number of amides is 2. The van der Waals surface area contributed by atoms with Crippen molar-refractivity contribution in [3.05, 3.63) is 82.6 Å². The van der Waals surface area contributed by atoms with Crippen LogP contribution in [0.2, 0.25) is 0 Å². The number of nitrogens with zero attached hydrogens (tertiary/aromatic N) is 5. The first-order valence-electron chi connectivity index (χ1n) is 12.6. The SMILES string of the molecule is CNC(=O)c1ccc(C#CCN(C(=O)[C@@H]2C[C@H](O)CN2c2nc(C)cc(C(F)(F)F)c2C#N)c2ccc(F)cc2)cn1. The molecule has 3 heterocycles. The van der Waals surface area contributed by atoms with Crippen LogP contribution in [0.1, 0.15) is 39.3 Å². The van der Waals surface area contributed by atoms with Crippen molar-refractivity contribution in [2.75, 3.05) is 29.9 Å². The molecule has 1 aliphatic heterocycles. The van der Waals surface area contributed by atoms with E-state index in [0.717, 1.165) is 18.2 Å². The summed E-state index contributed by atoms with van der Waals surface area (Å²) in [5.41, 5.74) is -1.12. The number of carbonyl (C=O) groups excluding carboxylic acids is 2. The van der Waals surface area contributed by atoms with Crippen LogP contribution in [0.5, 0.6) is 0 Å². The Morgan fingerprint density at radius 1 is 1.21 bits per heavy atom. The van der Waals surface area contributed by atoms with E-state index in [1.165, 1.54) is 48.2 Å². The summed E-state index contributed by atoms with van der Waals surface area (Å²) in [6.07, 6.45) is -4.74. The largest absolute Gasteiger partial charge is 0.417 e. The highest BCUT2D eigenvalue weighted by atomic mass is 19.4. The number of nitriles is 1. The number of aliphatic hydroxyl groups is 1. The molecular weight excluding hydrogens is 556 g/mol. The van der Waals surface area contributed by atoms with E-state index in [1.807, 2.05) is 0 Å². The number of rotatable bonds is 5. The highest BCUT2D eigenvalue weighted by Crippen LogP contribution is 2.38. The van der Waals surface area contributed by atoms with Crippen molar-refractivity contribution >= 4 is 23.3 Å². The molecule has 1 aliphatic rings. The van der Waals surface area contributed by atoms with Crippen LogP contribution in [-0.4, -0.2) is 59.2 Å². The Bertz CT molecular complexity index is 1590. The number of carbonyl (C=O) groups is 2. The van der Waals surface area contributed by atoms with Crippen molar-refractivity contribution in [3.8, 4) is 17.9 Å². The van der Waals surface area contributed by atoms with Crippen LogP contribution in [-0.2, 0) is 11.0 Å². The van der Waals surface area contributed by atoms with Gasteiger partial charge in [0.2, 0.25) is 0 Å². The second kappa shape index (κ2) is 12.2.